The van der Waals surface area contributed by atoms with Crippen molar-refractivity contribution in [2.75, 3.05) is 17.7 Å². The number of benzene rings is 2. The summed E-state index contributed by atoms with van der Waals surface area (Å²) >= 11 is 11.9. The summed E-state index contributed by atoms with van der Waals surface area (Å²) in [5, 5.41) is 7.18. The van der Waals surface area contributed by atoms with Gasteiger partial charge in [0.05, 0.1) is 22.7 Å². The maximum atomic E-state index is 11.6. The quantitative estimate of drug-likeness (QED) is 0.595. The van der Waals surface area contributed by atoms with Crippen LogP contribution in [0.2, 0.25) is 10.0 Å². The molecule has 6 nitrogen and oxygen atoms in total. The van der Waals surface area contributed by atoms with Crippen LogP contribution in [0.25, 0.3) is 0 Å². The highest BCUT2D eigenvalue weighted by Crippen LogP contribution is 2.27. The molecule has 2 N–H and O–H groups in total. The monoisotopic (exact) mass is 388 g/mol. The average Bonchev–Trinajstić information content (AvgIpc) is 2.64. The Morgan fingerprint density at radius 1 is 0.923 bits per heavy atom. The molecule has 3 aromatic rings. The predicted octanol–water partition coefficient (Wildman–Crippen LogP) is 5.06. The van der Waals surface area contributed by atoms with Crippen LogP contribution in [0.5, 0.6) is 0 Å². The Bertz CT molecular complexity index is 950. The van der Waals surface area contributed by atoms with E-state index in [-0.39, 0.29) is 0 Å². The van der Waals surface area contributed by atoms with Gasteiger partial charge in [-0.25, -0.2) is 14.8 Å². The van der Waals surface area contributed by atoms with Crippen LogP contribution in [0.4, 0.5) is 23.0 Å². The molecule has 0 spiro atoms. The second kappa shape index (κ2) is 8.03. The van der Waals surface area contributed by atoms with Gasteiger partial charge in [-0.2, -0.15) is 0 Å². The zero-order valence-corrected chi connectivity index (χ0v) is 15.2. The van der Waals surface area contributed by atoms with Gasteiger partial charge in [0, 0.05) is 17.4 Å². The summed E-state index contributed by atoms with van der Waals surface area (Å²) in [7, 11) is 1.34. The highest BCUT2D eigenvalue weighted by Gasteiger charge is 2.07. The molecule has 0 aliphatic heterocycles. The standard InChI is InChI=1S/C18H14Cl2N4O2/c1-26-18(25)11-3-2-4-12(7-11)23-16-9-17(22-10-21-16)24-13-5-6-14(19)15(20)8-13/h2-10H,1H3,(H2,21,22,23,24). The number of ether oxygens (including phenoxy) is 1. The Kier molecular flexibility index (Phi) is 5.55. The van der Waals surface area contributed by atoms with E-state index in [1.165, 1.54) is 13.4 Å². The number of hydrogen-bond donors (Lipinski definition) is 2. The summed E-state index contributed by atoms with van der Waals surface area (Å²) in [5.41, 5.74) is 1.89. The minimum Gasteiger partial charge on any atom is -0.465 e. The number of aromatic nitrogens is 2. The topological polar surface area (TPSA) is 76.1 Å². The van der Waals surface area contributed by atoms with Crippen LogP contribution in [-0.2, 0) is 4.74 Å². The highest BCUT2D eigenvalue weighted by molar-refractivity contribution is 6.42. The lowest BCUT2D eigenvalue weighted by atomic mass is 10.2. The van der Waals surface area contributed by atoms with E-state index < -0.39 is 5.97 Å². The van der Waals surface area contributed by atoms with Gasteiger partial charge < -0.3 is 15.4 Å². The molecule has 0 saturated heterocycles. The summed E-state index contributed by atoms with van der Waals surface area (Å²) in [6.07, 6.45) is 1.42. The molecule has 1 aromatic heterocycles. The Morgan fingerprint density at radius 2 is 1.62 bits per heavy atom. The van der Waals surface area contributed by atoms with Crippen molar-refractivity contribution in [2.45, 2.75) is 0 Å². The fourth-order valence-electron chi connectivity index (χ4n) is 2.21. The Labute approximate surface area is 160 Å². The minimum absolute atomic E-state index is 0.404. The van der Waals surface area contributed by atoms with Crippen molar-refractivity contribution in [3.63, 3.8) is 0 Å². The third-order valence-corrected chi connectivity index (χ3v) is 4.15. The van der Waals surface area contributed by atoms with Gasteiger partial charge in [-0.15, -0.1) is 0 Å². The predicted molar refractivity (Wildman–Crippen MR) is 103 cm³/mol. The summed E-state index contributed by atoms with van der Waals surface area (Å²) in [6, 6.07) is 13.9. The summed E-state index contributed by atoms with van der Waals surface area (Å²) in [6.45, 7) is 0. The van der Waals surface area contributed by atoms with E-state index in [9.17, 15) is 4.79 Å². The van der Waals surface area contributed by atoms with Crippen molar-refractivity contribution in [3.05, 3.63) is 70.5 Å². The number of halogens is 2. The van der Waals surface area contributed by atoms with Gasteiger partial charge in [0.1, 0.15) is 18.0 Å². The summed E-state index contributed by atoms with van der Waals surface area (Å²) in [5.74, 6) is 0.730. The zero-order chi connectivity index (χ0) is 18.5. The third kappa shape index (κ3) is 4.41. The molecule has 0 bridgehead atoms. The molecule has 3 rings (SSSR count). The number of hydrogen-bond acceptors (Lipinski definition) is 6. The molecule has 0 atom stereocenters. The Morgan fingerprint density at radius 3 is 2.27 bits per heavy atom. The Hall–Kier alpha value is -2.83. The highest BCUT2D eigenvalue weighted by atomic mass is 35.5. The molecule has 0 saturated carbocycles. The van der Waals surface area contributed by atoms with Crippen molar-refractivity contribution < 1.29 is 9.53 Å². The number of anilines is 4. The zero-order valence-electron chi connectivity index (χ0n) is 13.7. The number of methoxy groups -OCH3 is 1. The van der Waals surface area contributed by atoms with Crippen LogP contribution in [0.3, 0.4) is 0 Å². The lowest BCUT2D eigenvalue weighted by Crippen LogP contribution is -2.02. The number of esters is 1. The van der Waals surface area contributed by atoms with Crippen molar-refractivity contribution in [1.29, 1.82) is 0 Å². The van der Waals surface area contributed by atoms with E-state index in [2.05, 4.69) is 20.6 Å². The van der Waals surface area contributed by atoms with E-state index in [1.54, 1.807) is 42.5 Å². The molecule has 0 radical (unpaired) electrons. The first kappa shape index (κ1) is 18.0. The molecule has 132 valence electrons. The molecule has 0 amide bonds. The fourth-order valence-corrected chi connectivity index (χ4v) is 2.50. The first-order valence-corrected chi connectivity index (χ1v) is 8.30. The van der Waals surface area contributed by atoms with Gasteiger partial charge in [-0.1, -0.05) is 29.3 Å². The van der Waals surface area contributed by atoms with Crippen LogP contribution in [-0.4, -0.2) is 23.0 Å². The van der Waals surface area contributed by atoms with Crippen molar-refractivity contribution in [2.24, 2.45) is 0 Å². The summed E-state index contributed by atoms with van der Waals surface area (Å²) in [4.78, 5) is 20.0. The van der Waals surface area contributed by atoms with E-state index in [0.717, 1.165) is 5.69 Å². The van der Waals surface area contributed by atoms with Crippen LogP contribution >= 0.6 is 23.2 Å². The van der Waals surface area contributed by atoms with Crippen molar-refractivity contribution in [1.82, 2.24) is 9.97 Å². The second-order valence-electron chi connectivity index (χ2n) is 5.24. The average molecular weight is 389 g/mol. The molecule has 2 aromatic carbocycles. The van der Waals surface area contributed by atoms with E-state index in [0.29, 0.717) is 32.9 Å². The molecular formula is C18H14Cl2N4O2. The number of nitrogens with one attached hydrogen (secondary N) is 2. The van der Waals surface area contributed by atoms with Gasteiger partial charge in [0.15, 0.2) is 0 Å². The van der Waals surface area contributed by atoms with Crippen LogP contribution < -0.4 is 10.6 Å². The SMILES string of the molecule is COC(=O)c1cccc(Nc2cc(Nc3ccc(Cl)c(Cl)c3)ncn2)c1. The third-order valence-electron chi connectivity index (χ3n) is 3.42. The van der Waals surface area contributed by atoms with E-state index in [4.69, 9.17) is 27.9 Å². The van der Waals surface area contributed by atoms with Crippen molar-refractivity contribution in [3.8, 4) is 0 Å². The number of nitrogens with zero attached hydrogens (tertiary/aromatic N) is 2. The van der Waals surface area contributed by atoms with Crippen molar-refractivity contribution >= 4 is 52.2 Å². The second-order valence-corrected chi connectivity index (χ2v) is 6.05. The molecule has 1 heterocycles. The van der Waals surface area contributed by atoms with Gasteiger partial charge in [0.25, 0.3) is 0 Å². The number of carbonyl (C=O) groups excluding carboxylic acids is 1. The lowest BCUT2D eigenvalue weighted by Gasteiger charge is -2.10. The summed E-state index contributed by atoms with van der Waals surface area (Å²) < 4.78 is 4.72. The molecule has 0 unspecified atom stereocenters. The smallest absolute Gasteiger partial charge is 0.337 e. The fraction of sp³-hybridized carbons (Fsp3) is 0.0556. The Balaban J connectivity index is 1.77. The maximum Gasteiger partial charge on any atom is 0.337 e. The van der Waals surface area contributed by atoms with E-state index in [1.807, 2.05) is 6.07 Å². The first-order chi connectivity index (χ1) is 12.5. The molecule has 26 heavy (non-hydrogen) atoms. The van der Waals surface area contributed by atoms with Gasteiger partial charge in [0.2, 0.25) is 0 Å². The molecular weight excluding hydrogens is 375 g/mol. The first-order valence-electron chi connectivity index (χ1n) is 7.54. The lowest BCUT2D eigenvalue weighted by molar-refractivity contribution is 0.0601. The molecule has 0 aliphatic carbocycles. The number of rotatable bonds is 5. The van der Waals surface area contributed by atoms with Gasteiger partial charge in [-0.05, 0) is 36.4 Å². The molecule has 8 heteroatoms. The van der Waals surface area contributed by atoms with E-state index >= 15 is 0 Å². The van der Waals surface area contributed by atoms with Crippen LogP contribution in [0.15, 0.2) is 54.9 Å². The van der Waals surface area contributed by atoms with Crippen LogP contribution in [0.1, 0.15) is 10.4 Å². The van der Waals surface area contributed by atoms with Gasteiger partial charge >= 0.3 is 5.97 Å². The van der Waals surface area contributed by atoms with Gasteiger partial charge in [-0.3, -0.25) is 0 Å². The minimum atomic E-state index is -0.404. The number of carbonyl (C=O) groups is 1. The largest absolute Gasteiger partial charge is 0.465 e. The molecule has 0 fully saturated rings. The maximum absolute atomic E-state index is 11.6. The molecule has 0 aliphatic rings. The normalized spacial score (nSPS) is 10.3. The van der Waals surface area contributed by atoms with Crippen LogP contribution in [0, 0.1) is 0 Å².